The molecule has 0 aromatic carbocycles. The minimum absolute atomic E-state index is 0.905. The highest BCUT2D eigenvalue weighted by Crippen LogP contribution is 2.54. The van der Waals surface area contributed by atoms with Crippen LogP contribution in [0.1, 0.15) is 58.3 Å². The normalized spacial score (nSPS) is 43.6. The maximum absolute atomic E-state index is 2.74. The lowest BCUT2D eigenvalue weighted by Crippen LogP contribution is -2.23. The predicted molar refractivity (Wildman–Crippen MR) is 76.2 cm³/mol. The first-order valence-electron chi connectivity index (χ1n) is 8.24. The monoisotopic (exact) mass is 242 g/mol. The van der Waals surface area contributed by atoms with Crippen LogP contribution in [0.4, 0.5) is 0 Å². The third-order valence-electron chi connectivity index (χ3n) is 6.30. The first-order chi connectivity index (χ1) is 8.83. The lowest BCUT2D eigenvalue weighted by molar-refractivity contribution is 0.236. The minimum atomic E-state index is 0.905. The number of hydrogen-bond donors (Lipinski definition) is 0. The average Bonchev–Trinajstić information content (AvgIpc) is 3.02. The van der Waals surface area contributed by atoms with Gasteiger partial charge in [-0.2, -0.15) is 0 Å². The zero-order chi connectivity index (χ0) is 12.1. The molecule has 0 bridgehead atoms. The number of rotatable bonds is 1. The summed E-state index contributed by atoms with van der Waals surface area (Å²) in [6, 6.07) is 0. The van der Waals surface area contributed by atoms with Gasteiger partial charge < -0.3 is 0 Å². The molecule has 4 aliphatic carbocycles. The van der Waals surface area contributed by atoms with Crippen LogP contribution in [0, 0.1) is 29.6 Å². The Labute approximate surface area is 112 Å². The Morgan fingerprint density at radius 3 is 2.44 bits per heavy atom. The second-order valence-corrected chi connectivity index (χ2v) is 7.31. The molecule has 0 aliphatic heterocycles. The van der Waals surface area contributed by atoms with Gasteiger partial charge in [-0.15, -0.1) is 0 Å². The maximum Gasteiger partial charge on any atom is -0.0131 e. The van der Waals surface area contributed by atoms with Crippen molar-refractivity contribution >= 4 is 0 Å². The van der Waals surface area contributed by atoms with Gasteiger partial charge >= 0.3 is 0 Å². The summed E-state index contributed by atoms with van der Waals surface area (Å²) in [5, 5.41) is 0. The van der Waals surface area contributed by atoms with Crippen LogP contribution >= 0.6 is 0 Å². The molecule has 0 aromatic heterocycles. The van der Waals surface area contributed by atoms with Gasteiger partial charge in [-0.3, -0.25) is 0 Å². The van der Waals surface area contributed by atoms with E-state index < -0.39 is 0 Å². The smallest absolute Gasteiger partial charge is 0.0131 e. The van der Waals surface area contributed by atoms with E-state index in [1.807, 2.05) is 0 Å². The van der Waals surface area contributed by atoms with Crippen LogP contribution in [-0.2, 0) is 0 Å². The molecular weight excluding hydrogens is 216 g/mol. The molecule has 0 aromatic rings. The molecule has 4 unspecified atom stereocenters. The van der Waals surface area contributed by atoms with Crippen LogP contribution in [-0.4, -0.2) is 0 Å². The van der Waals surface area contributed by atoms with Gasteiger partial charge in [-0.1, -0.05) is 44.8 Å². The Bertz CT molecular complexity index is 394. The summed E-state index contributed by atoms with van der Waals surface area (Å²) in [5.74, 6) is 4.87. The topological polar surface area (TPSA) is 0 Å². The molecule has 4 aliphatic rings. The molecule has 0 radical (unpaired) electrons. The predicted octanol–water partition coefficient (Wildman–Crippen LogP) is 5.12. The molecule has 4 rings (SSSR count). The number of fused-ring (bicyclic) bond motifs is 2. The highest BCUT2D eigenvalue weighted by atomic mass is 14.5. The second-order valence-electron chi connectivity index (χ2n) is 7.31. The molecule has 0 amide bonds. The van der Waals surface area contributed by atoms with Crippen molar-refractivity contribution in [2.45, 2.75) is 58.3 Å². The highest BCUT2D eigenvalue weighted by Gasteiger charge is 2.45. The summed E-state index contributed by atoms with van der Waals surface area (Å²) >= 11 is 0. The van der Waals surface area contributed by atoms with Crippen molar-refractivity contribution in [2.24, 2.45) is 29.6 Å². The Morgan fingerprint density at radius 2 is 1.67 bits per heavy atom. The summed E-state index contributed by atoms with van der Waals surface area (Å²) in [6.07, 6.45) is 17.1. The van der Waals surface area contributed by atoms with Crippen molar-refractivity contribution in [1.29, 1.82) is 0 Å². The van der Waals surface area contributed by atoms with Gasteiger partial charge in [0.25, 0.3) is 0 Å². The van der Waals surface area contributed by atoms with Gasteiger partial charge in [0.2, 0.25) is 0 Å². The van der Waals surface area contributed by atoms with Crippen molar-refractivity contribution in [1.82, 2.24) is 0 Å². The van der Waals surface area contributed by atoms with Crippen molar-refractivity contribution < 1.29 is 0 Å². The fourth-order valence-electron chi connectivity index (χ4n) is 5.61. The minimum Gasteiger partial charge on any atom is -0.0773 e. The molecule has 18 heavy (non-hydrogen) atoms. The molecule has 4 atom stereocenters. The molecular formula is C18H26. The van der Waals surface area contributed by atoms with E-state index in [-0.39, 0.29) is 0 Å². The molecule has 98 valence electrons. The fraction of sp³-hybridized carbons (Fsp3) is 0.778. The largest absolute Gasteiger partial charge is 0.0773 e. The highest BCUT2D eigenvalue weighted by molar-refractivity contribution is 5.40. The molecule has 0 saturated heterocycles. The van der Waals surface area contributed by atoms with Crippen molar-refractivity contribution in [3.8, 4) is 0 Å². The van der Waals surface area contributed by atoms with E-state index in [9.17, 15) is 0 Å². The van der Waals surface area contributed by atoms with E-state index in [4.69, 9.17) is 0 Å². The van der Waals surface area contributed by atoms with Crippen LogP contribution in [0.3, 0.4) is 0 Å². The Hall–Kier alpha value is -0.520. The lowest BCUT2D eigenvalue weighted by atomic mass is 9.74. The SMILES string of the molecule is CC1CC2C=C3CCCC3=CC2C1C1CCCC1. The summed E-state index contributed by atoms with van der Waals surface area (Å²) in [6.45, 7) is 2.54. The van der Waals surface area contributed by atoms with Gasteiger partial charge in [0.15, 0.2) is 0 Å². The van der Waals surface area contributed by atoms with E-state index in [1.165, 1.54) is 51.4 Å². The van der Waals surface area contributed by atoms with Gasteiger partial charge in [0, 0.05) is 0 Å². The van der Waals surface area contributed by atoms with Gasteiger partial charge in [-0.05, 0) is 66.4 Å². The van der Waals surface area contributed by atoms with Gasteiger partial charge in [0.05, 0.1) is 0 Å². The molecule has 3 saturated carbocycles. The van der Waals surface area contributed by atoms with Gasteiger partial charge in [0.1, 0.15) is 0 Å². The zero-order valence-corrected chi connectivity index (χ0v) is 11.7. The van der Waals surface area contributed by atoms with E-state index in [2.05, 4.69) is 19.1 Å². The Morgan fingerprint density at radius 1 is 0.944 bits per heavy atom. The molecule has 3 fully saturated rings. The standard InChI is InChI=1S/C18H26/c1-12-9-16-10-14-7-4-8-15(14)11-17(16)18(12)13-5-2-3-6-13/h10-13,16-18H,2-9H2,1H3. The molecule has 0 heteroatoms. The third kappa shape index (κ3) is 1.64. The first-order valence-corrected chi connectivity index (χ1v) is 8.24. The quantitative estimate of drug-likeness (QED) is 0.599. The molecule has 0 nitrogen and oxygen atoms in total. The molecule has 0 N–H and O–H groups in total. The van der Waals surface area contributed by atoms with Gasteiger partial charge in [-0.25, -0.2) is 0 Å². The van der Waals surface area contributed by atoms with Crippen LogP contribution < -0.4 is 0 Å². The van der Waals surface area contributed by atoms with Crippen LogP contribution in [0.2, 0.25) is 0 Å². The van der Waals surface area contributed by atoms with Crippen LogP contribution in [0.15, 0.2) is 23.3 Å². The molecule has 0 spiro atoms. The first kappa shape index (κ1) is 11.3. The van der Waals surface area contributed by atoms with Crippen LogP contribution in [0.5, 0.6) is 0 Å². The average molecular weight is 242 g/mol. The maximum atomic E-state index is 2.74. The number of allylic oxidation sites excluding steroid dienone is 4. The van der Waals surface area contributed by atoms with Crippen molar-refractivity contribution in [2.75, 3.05) is 0 Å². The second kappa shape index (κ2) is 4.25. The lowest BCUT2D eigenvalue weighted by Gasteiger charge is -2.30. The third-order valence-corrected chi connectivity index (χ3v) is 6.30. The van der Waals surface area contributed by atoms with E-state index in [0.717, 1.165) is 29.6 Å². The van der Waals surface area contributed by atoms with Crippen molar-refractivity contribution in [3.63, 3.8) is 0 Å². The Kier molecular flexibility index (Phi) is 2.67. The zero-order valence-electron chi connectivity index (χ0n) is 11.7. The summed E-state index contributed by atoms with van der Waals surface area (Å²) in [4.78, 5) is 0. The van der Waals surface area contributed by atoms with Crippen molar-refractivity contribution in [3.05, 3.63) is 23.3 Å². The van der Waals surface area contributed by atoms with Crippen LogP contribution in [0.25, 0.3) is 0 Å². The van der Waals surface area contributed by atoms with E-state index >= 15 is 0 Å². The Balaban J connectivity index is 1.64. The van der Waals surface area contributed by atoms with E-state index in [0.29, 0.717) is 0 Å². The summed E-state index contributed by atoms with van der Waals surface area (Å²) in [5.41, 5.74) is 3.48. The van der Waals surface area contributed by atoms with E-state index in [1.54, 1.807) is 11.1 Å². The summed E-state index contributed by atoms with van der Waals surface area (Å²) in [7, 11) is 0. The fourth-order valence-corrected chi connectivity index (χ4v) is 5.61. The molecule has 0 heterocycles. The number of hydrogen-bond acceptors (Lipinski definition) is 0. The summed E-state index contributed by atoms with van der Waals surface area (Å²) < 4.78 is 0.